The number of halogens is 1. The molecule has 0 aromatic heterocycles. The van der Waals surface area contributed by atoms with Gasteiger partial charge in [0.1, 0.15) is 0 Å². The van der Waals surface area contributed by atoms with Crippen molar-refractivity contribution in [3.05, 3.63) is 17.7 Å². The zero-order valence-electron chi connectivity index (χ0n) is 18.7. The number of hydrogen-bond acceptors (Lipinski definition) is 5. The Bertz CT molecular complexity index is 670. The largest absolute Gasteiger partial charge is 0.493 e. The Kier molecular flexibility index (Phi) is 10.9. The summed E-state index contributed by atoms with van der Waals surface area (Å²) in [6.07, 6.45) is 0. The van der Waals surface area contributed by atoms with Gasteiger partial charge in [0.15, 0.2) is 17.5 Å². The number of ether oxygens (including phenoxy) is 3. The van der Waals surface area contributed by atoms with Gasteiger partial charge in [-0.1, -0.05) is 6.92 Å². The Hall–Kier alpha value is -1.42. The minimum absolute atomic E-state index is 0. The molecule has 1 heterocycles. The topological polar surface area (TPSA) is 67.4 Å². The van der Waals surface area contributed by atoms with E-state index in [9.17, 15) is 0 Å². The molecule has 0 amide bonds. The van der Waals surface area contributed by atoms with Crippen molar-refractivity contribution >= 4 is 29.9 Å². The van der Waals surface area contributed by atoms with Gasteiger partial charge in [-0.3, -0.25) is 4.90 Å². The molecule has 0 saturated carbocycles. The summed E-state index contributed by atoms with van der Waals surface area (Å²) in [6, 6.07) is 4.79. The van der Waals surface area contributed by atoms with E-state index in [1.165, 1.54) is 0 Å². The predicted molar refractivity (Wildman–Crippen MR) is 129 cm³/mol. The minimum atomic E-state index is 0. The summed E-state index contributed by atoms with van der Waals surface area (Å²) in [5.41, 5.74) is 0.945. The lowest BCUT2D eigenvalue weighted by atomic mass is 10.1. The molecule has 1 aromatic rings. The normalized spacial score (nSPS) is 19.7. The van der Waals surface area contributed by atoms with E-state index >= 15 is 0 Å². The Morgan fingerprint density at radius 1 is 1.14 bits per heavy atom. The third-order valence-corrected chi connectivity index (χ3v) is 5.23. The SMILES string of the molecule is CCNC(=NCc1ccc(OC)c(OC)c1OC)NC1CN(C(C)C)CC1C.I. The van der Waals surface area contributed by atoms with Gasteiger partial charge in [0.2, 0.25) is 5.75 Å². The summed E-state index contributed by atoms with van der Waals surface area (Å²) in [5, 5.41) is 6.97. The molecule has 166 valence electrons. The Balaban J connectivity index is 0.00000420. The van der Waals surface area contributed by atoms with E-state index in [0.717, 1.165) is 31.2 Å². The van der Waals surface area contributed by atoms with Crippen LogP contribution in [0, 0.1) is 5.92 Å². The molecule has 1 saturated heterocycles. The van der Waals surface area contributed by atoms with Gasteiger partial charge < -0.3 is 24.8 Å². The highest BCUT2D eigenvalue weighted by Crippen LogP contribution is 2.39. The standard InChI is InChI=1S/C21H36N4O3.HI/c1-8-22-21(24-17-13-25(14(2)3)12-15(17)4)23-11-16-9-10-18(26-5)20(28-7)19(16)27-6;/h9-10,14-15,17H,8,11-13H2,1-7H3,(H2,22,23,24);1H. The first-order valence-electron chi connectivity index (χ1n) is 10.0. The molecule has 2 unspecified atom stereocenters. The molecule has 2 N–H and O–H groups in total. The average Bonchev–Trinajstić information content (AvgIpc) is 3.06. The van der Waals surface area contributed by atoms with Crippen LogP contribution in [0.1, 0.15) is 33.3 Å². The number of nitrogens with one attached hydrogen (secondary N) is 2. The van der Waals surface area contributed by atoms with Gasteiger partial charge in [-0.2, -0.15) is 0 Å². The maximum Gasteiger partial charge on any atom is 0.203 e. The quantitative estimate of drug-likeness (QED) is 0.312. The van der Waals surface area contributed by atoms with Crippen molar-refractivity contribution in [2.24, 2.45) is 10.9 Å². The highest BCUT2D eigenvalue weighted by atomic mass is 127. The Morgan fingerprint density at radius 2 is 1.83 bits per heavy atom. The van der Waals surface area contributed by atoms with Crippen LogP contribution in [0.25, 0.3) is 0 Å². The lowest BCUT2D eigenvalue weighted by molar-refractivity contribution is 0.265. The van der Waals surface area contributed by atoms with Crippen molar-refractivity contribution in [1.29, 1.82) is 0 Å². The first-order chi connectivity index (χ1) is 13.4. The number of nitrogens with zero attached hydrogens (tertiary/aromatic N) is 2. The lowest BCUT2D eigenvalue weighted by Gasteiger charge is -2.22. The summed E-state index contributed by atoms with van der Waals surface area (Å²) in [7, 11) is 4.86. The van der Waals surface area contributed by atoms with E-state index in [4.69, 9.17) is 19.2 Å². The molecule has 29 heavy (non-hydrogen) atoms. The molecule has 2 rings (SSSR count). The number of rotatable bonds is 8. The van der Waals surface area contributed by atoms with Crippen LogP contribution in [0.2, 0.25) is 0 Å². The van der Waals surface area contributed by atoms with Crippen LogP contribution in [-0.2, 0) is 6.54 Å². The molecule has 1 aromatic carbocycles. The molecular formula is C21H37IN4O3. The number of hydrogen-bond donors (Lipinski definition) is 2. The Morgan fingerprint density at radius 3 is 2.34 bits per heavy atom. The van der Waals surface area contributed by atoms with Crippen LogP contribution in [0.3, 0.4) is 0 Å². The summed E-state index contributed by atoms with van der Waals surface area (Å²) in [6.45, 7) is 12.3. The second-order valence-electron chi connectivity index (χ2n) is 7.46. The molecule has 7 nitrogen and oxygen atoms in total. The van der Waals surface area contributed by atoms with Crippen molar-refractivity contribution in [3.8, 4) is 17.2 Å². The Labute approximate surface area is 192 Å². The second kappa shape index (κ2) is 12.3. The van der Waals surface area contributed by atoms with E-state index in [1.54, 1.807) is 21.3 Å². The van der Waals surface area contributed by atoms with Crippen LogP contribution in [0.4, 0.5) is 0 Å². The first-order valence-corrected chi connectivity index (χ1v) is 10.0. The summed E-state index contributed by atoms with van der Waals surface area (Å²) < 4.78 is 16.4. The third-order valence-electron chi connectivity index (χ3n) is 5.23. The zero-order chi connectivity index (χ0) is 20.7. The fraction of sp³-hybridized carbons (Fsp3) is 0.667. The predicted octanol–water partition coefficient (Wildman–Crippen LogP) is 3.11. The van der Waals surface area contributed by atoms with Crippen LogP contribution in [0.15, 0.2) is 17.1 Å². The molecule has 0 radical (unpaired) electrons. The fourth-order valence-electron chi connectivity index (χ4n) is 3.56. The number of likely N-dealkylation sites (tertiary alicyclic amines) is 1. The van der Waals surface area contributed by atoms with E-state index in [0.29, 0.717) is 41.8 Å². The number of aliphatic imine (C=N–C) groups is 1. The van der Waals surface area contributed by atoms with Gasteiger partial charge >= 0.3 is 0 Å². The zero-order valence-corrected chi connectivity index (χ0v) is 21.1. The molecule has 1 aliphatic rings. The molecule has 8 heteroatoms. The van der Waals surface area contributed by atoms with Crippen molar-refractivity contribution in [3.63, 3.8) is 0 Å². The first kappa shape index (κ1) is 25.6. The van der Waals surface area contributed by atoms with Gasteiger partial charge in [-0.05, 0) is 38.8 Å². The van der Waals surface area contributed by atoms with Crippen LogP contribution in [0.5, 0.6) is 17.2 Å². The van der Waals surface area contributed by atoms with Gasteiger partial charge in [-0.15, -0.1) is 24.0 Å². The average molecular weight is 520 g/mol. The smallest absolute Gasteiger partial charge is 0.203 e. The maximum atomic E-state index is 5.57. The van der Waals surface area contributed by atoms with E-state index in [-0.39, 0.29) is 24.0 Å². The number of methoxy groups -OCH3 is 3. The van der Waals surface area contributed by atoms with Gasteiger partial charge in [-0.25, -0.2) is 4.99 Å². The fourth-order valence-corrected chi connectivity index (χ4v) is 3.56. The number of benzene rings is 1. The van der Waals surface area contributed by atoms with Gasteiger partial charge in [0, 0.05) is 37.3 Å². The molecule has 0 bridgehead atoms. The van der Waals surface area contributed by atoms with Crippen LogP contribution >= 0.6 is 24.0 Å². The van der Waals surface area contributed by atoms with Crippen LogP contribution < -0.4 is 24.8 Å². The molecule has 0 aliphatic carbocycles. The van der Waals surface area contributed by atoms with Gasteiger partial charge in [0.25, 0.3) is 0 Å². The molecule has 2 atom stereocenters. The maximum absolute atomic E-state index is 5.57. The van der Waals surface area contributed by atoms with Crippen molar-refractivity contribution in [2.75, 3.05) is 41.0 Å². The number of guanidine groups is 1. The van der Waals surface area contributed by atoms with Gasteiger partial charge in [0.05, 0.1) is 27.9 Å². The summed E-state index contributed by atoms with van der Waals surface area (Å²) in [5.74, 6) is 3.28. The third kappa shape index (κ3) is 6.53. The molecule has 0 spiro atoms. The van der Waals surface area contributed by atoms with E-state index in [2.05, 4.69) is 43.2 Å². The molecule has 1 fully saturated rings. The highest BCUT2D eigenvalue weighted by molar-refractivity contribution is 14.0. The van der Waals surface area contributed by atoms with E-state index < -0.39 is 0 Å². The van der Waals surface area contributed by atoms with Crippen molar-refractivity contribution < 1.29 is 14.2 Å². The van der Waals surface area contributed by atoms with E-state index in [1.807, 2.05) is 12.1 Å². The summed E-state index contributed by atoms with van der Waals surface area (Å²) >= 11 is 0. The minimum Gasteiger partial charge on any atom is -0.493 e. The van der Waals surface area contributed by atoms with Crippen LogP contribution in [-0.4, -0.2) is 63.9 Å². The monoisotopic (exact) mass is 520 g/mol. The second-order valence-corrected chi connectivity index (χ2v) is 7.46. The summed E-state index contributed by atoms with van der Waals surface area (Å²) in [4.78, 5) is 7.29. The highest BCUT2D eigenvalue weighted by Gasteiger charge is 2.31. The molecular weight excluding hydrogens is 483 g/mol. The molecule has 1 aliphatic heterocycles. The lowest BCUT2D eigenvalue weighted by Crippen LogP contribution is -2.46. The van der Waals surface area contributed by atoms with Crippen molar-refractivity contribution in [1.82, 2.24) is 15.5 Å². The van der Waals surface area contributed by atoms with Crippen molar-refractivity contribution in [2.45, 2.75) is 46.3 Å².